The van der Waals surface area contributed by atoms with Crippen LogP contribution in [0.1, 0.15) is 16.7 Å². The van der Waals surface area contributed by atoms with Crippen molar-refractivity contribution in [2.24, 2.45) is 0 Å². The van der Waals surface area contributed by atoms with E-state index in [1.54, 1.807) is 0 Å². The van der Waals surface area contributed by atoms with Gasteiger partial charge in [0.15, 0.2) is 0 Å². The molecule has 0 spiro atoms. The summed E-state index contributed by atoms with van der Waals surface area (Å²) in [6.45, 7) is 6.46. The number of fused-ring (bicyclic) bond motifs is 1. The normalized spacial score (nSPS) is 11.2. The van der Waals surface area contributed by atoms with Crippen LogP contribution in [0.2, 0.25) is 0 Å². The summed E-state index contributed by atoms with van der Waals surface area (Å²) in [7, 11) is 0. The highest BCUT2D eigenvalue weighted by Crippen LogP contribution is 2.32. The van der Waals surface area contributed by atoms with Crippen LogP contribution in [0.3, 0.4) is 0 Å². The molecular weight excluding hydrogens is 306 g/mol. The number of para-hydroxylation sites is 2. The Morgan fingerprint density at radius 2 is 1.48 bits per heavy atom. The molecule has 2 N–H and O–H groups in total. The van der Waals surface area contributed by atoms with Crippen molar-refractivity contribution in [2.45, 2.75) is 20.8 Å². The van der Waals surface area contributed by atoms with Crippen LogP contribution in [0.4, 0.5) is 5.69 Å². The van der Waals surface area contributed by atoms with Gasteiger partial charge in [-0.05, 0) is 68.3 Å². The van der Waals surface area contributed by atoms with Gasteiger partial charge in [-0.25, -0.2) is 4.98 Å². The molecule has 0 saturated carbocycles. The maximum Gasteiger partial charge on any atom is 0.145 e. The highest BCUT2D eigenvalue weighted by atomic mass is 15.1. The number of hydrogen-bond acceptors (Lipinski definition) is 2. The number of aryl methyl sites for hydroxylation is 3. The third-order valence-corrected chi connectivity index (χ3v) is 4.59. The van der Waals surface area contributed by atoms with E-state index in [2.05, 4.69) is 55.7 Å². The van der Waals surface area contributed by atoms with Gasteiger partial charge in [0.1, 0.15) is 5.82 Å². The lowest BCUT2D eigenvalue weighted by molar-refractivity contribution is 1.06. The summed E-state index contributed by atoms with van der Waals surface area (Å²) >= 11 is 0. The zero-order valence-corrected chi connectivity index (χ0v) is 14.7. The second-order valence-corrected chi connectivity index (χ2v) is 6.63. The van der Waals surface area contributed by atoms with Crippen LogP contribution in [0.5, 0.6) is 0 Å². The molecule has 0 aliphatic carbocycles. The summed E-state index contributed by atoms with van der Waals surface area (Å²) in [6.07, 6.45) is 0. The Bertz CT molecular complexity index is 1050. The molecule has 4 aromatic rings. The van der Waals surface area contributed by atoms with Gasteiger partial charge in [0, 0.05) is 11.3 Å². The zero-order valence-electron chi connectivity index (χ0n) is 14.7. The number of imidazole rings is 1. The molecule has 1 heterocycles. The van der Waals surface area contributed by atoms with E-state index in [1.807, 2.05) is 30.3 Å². The van der Waals surface area contributed by atoms with Crippen molar-refractivity contribution in [1.82, 2.24) is 9.55 Å². The van der Waals surface area contributed by atoms with Crippen molar-refractivity contribution in [3.8, 4) is 17.1 Å². The molecule has 3 aromatic carbocycles. The molecular formula is C22H21N3. The number of anilines is 1. The minimum atomic E-state index is 0.758. The highest BCUT2D eigenvalue weighted by molar-refractivity contribution is 5.84. The van der Waals surface area contributed by atoms with Crippen LogP contribution in [0.25, 0.3) is 28.1 Å². The van der Waals surface area contributed by atoms with Crippen molar-refractivity contribution < 1.29 is 0 Å². The molecule has 0 aliphatic heterocycles. The van der Waals surface area contributed by atoms with Gasteiger partial charge in [-0.2, -0.15) is 0 Å². The van der Waals surface area contributed by atoms with E-state index >= 15 is 0 Å². The van der Waals surface area contributed by atoms with Gasteiger partial charge < -0.3 is 5.73 Å². The minimum Gasteiger partial charge on any atom is -0.399 e. The van der Waals surface area contributed by atoms with Crippen LogP contribution >= 0.6 is 0 Å². The lowest BCUT2D eigenvalue weighted by Gasteiger charge is -2.16. The summed E-state index contributed by atoms with van der Waals surface area (Å²) in [5.74, 6) is 0.941. The predicted octanol–water partition coefficient (Wildman–Crippen LogP) is 5.20. The zero-order chi connectivity index (χ0) is 17.6. The maximum atomic E-state index is 5.87. The van der Waals surface area contributed by atoms with E-state index in [-0.39, 0.29) is 0 Å². The molecule has 3 nitrogen and oxygen atoms in total. The van der Waals surface area contributed by atoms with Gasteiger partial charge in [-0.3, -0.25) is 4.57 Å². The fourth-order valence-electron chi connectivity index (χ4n) is 3.60. The molecule has 0 unspecified atom stereocenters. The molecule has 4 rings (SSSR count). The summed E-state index contributed by atoms with van der Waals surface area (Å²) < 4.78 is 2.27. The first-order chi connectivity index (χ1) is 12.0. The standard InChI is InChI=1S/C22H21N3/c1-14-12-15(2)21(16(3)13-14)25-20-7-5-4-6-19(20)24-22(25)17-8-10-18(23)11-9-17/h4-13H,23H2,1-3H3. The number of hydrogen-bond donors (Lipinski definition) is 1. The van der Waals surface area contributed by atoms with E-state index in [0.717, 1.165) is 28.1 Å². The van der Waals surface area contributed by atoms with Crippen LogP contribution in [0.15, 0.2) is 60.7 Å². The molecule has 25 heavy (non-hydrogen) atoms. The molecule has 0 saturated heterocycles. The van der Waals surface area contributed by atoms with E-state index < -0.39 is 0 Å². The summed E-state index contributed by atoms with van der Waals surface area (Å²) in [5.41, 5.74) is 14.8. The van der Waals surface area contributed by atoms with Crippen molar-refractivity contribution >= 4 is 16.7 Å². The van der Waals surface area contributed by atoms with E-state index in [0.29, 0.717) is 0 Å². The molecule has 0 aliphatic rings. The first-order valence-electron chi connectivity index (χ1n) is 8.46. The number of aromatic nitrogens is 2. The SMILES string of the molecule is Cc1cc(C)c(-n2c(-c3ccc(N)cc3)nc3ccccc32)c(C)c1. The fraction of sp³-hybridized carbons (Fsp3) is 0.136. The molecule has 0 amide bonds. The topological polar surface area (TPSA) is 43.8 Å². The van der Waals surface area contributed by atoms with E-state index in [4.69, 9.17) is 10.7 Å². The van der Waals surface area contributed by atoms with E-state index in [1.165, 1.54) is 22.4 Å². The number of nitrogens with zero attached hydrogens (tertiary/aromatic N) is 2. The van der Waals surface area contributed by atoms with Gasteiger partial charge in [0.2, 0.25) is 0 Å². The molecule has 0 radical (unpaired) electrons. The molecule has 1 aromatic heterocycles. The number of benzene rings is 3. The largest absolute Gasteiger partial charge is 0.399 e. The molecule has 0 atom stereocenters. The highest BCUT2D eigenvalue weighted by Gasteiger charge is 2.17. The average molecular weight is 327 g/mol. The minimum absolute atomic E-state index is 0.758. The number of nitrogens with two attached hydrogens (primary N) is 1. The molecule has 0 bridgehead atoms. The monoisotopic (exact) mass is 327 g/mol. The maximum absolute atomic E-state index is 5.87. The summed E-state index contributed by atoms with van der Waals surface area (Å²) in [4.78, 5) is 4.92. The third kappa shape index (κ3) is 2.58. The van der Waals surface area contributed by atoms with Crippen LogP contribution < -0.4 is 5.73 Å². The van der Waals surface area contributed by atoms with Gasteiger partial charge in [0.05, 0.1) is 16.7 Å². The lowest BCUT2D eigenvalue weighted by atomic mass is 10.0. The van der Waals surface area contributed by atoms with Crippen LogP contribution in [0, 0.1) is 20.8 Å². The predicted molar refractivity (Wildman–Crippen MR) is 105 cm³/mol. The van der Waals surface area contributed by atoms with Crippen LogP contribution in [-0.2, 0) is 0 Å². The van der Waals surface area contributed by atoms with Gasteiger partial charge in [-0.1, -0.05) is 29.8 Å². The Balaban J connectivity index is 2.09. The second-order valence-electron chi connectivity index (χ2n) is 6.63. The van der Waals surface area contributed by atoms with Crippen molar-refractivity contribution in [1.29, 1.82) is 0 Å². The molecule has 124 valence electrons. The van der Waals surface area contributed by atoms with Crippen molar-refractivity contribution in [2.75, 3.05) is 5.73 Å². The third-order valence-electron chi connectivity index (χ3n) is 4.59. The smallest absolute Gasteiger partial charge is 0.145 e. The Kier molecular flexibility index (Phi) is 3.57. The lowest BCUT2D eigenvalue weighted by Crippen LogP contribution is -2.03. The van der Waals surface area contributed by atoms with Gasteiger partial charge >= 0.3 is 0 Å². The Morgan fingerprint density at radius 3 is 2.16 bits per heavy atom. The fourth-order valence-corrected chi connectivity index (χ4v) is 3.60. The van der Waals surface area contributed by atoms with Gasteiger partial charge in [-0.15, -0.1) is 0 Å². The quantitative estimate of drug-likeness (QED) is 0.514. The van der Waals surface area contributed by atoms with Gasteiger partial charge in [0.25, 0.3) is 0 Å². The Labute approximate surface area is 147 Å². The van der Waals surface area contributed by atoms with Crippen molar-refractivity contribution in [3.63, 3.8) is 0 Å². The Morgan fingerprint density at radius 1 is 0.840 bits per heavy atom. The number of nitrogen functional groups attached to an aromatic ring is 1. The van der Waals surface area contributed by atoms with Crippen molar-refractivity contribution in [3.05, 3.63) is 77.4 Å². The second kappa shape index (κ2) is 5.78. The van der Waals surface area contributed by atoms with Crippen LogP contribution in [-0.4, -0.2) is 9.55 Å². The summed E-state index contributed by atoms with van der Waals surface area (Å²) in [6, 6.07) is 20.6. The molecule has 3 heteroatoms. The van der Waals surface area contributed by atoms with E-state index in [9.17, 15) is 0 Å². The molecule has 0 fully saturated rings. The first kappa shape index (κ1) is 15.5. The first-order valence-corrected chi connectivity index (χ1v) is 8.46. The Hall–Kier alpha value is -3.07. The average Bonchev–Trinajstić information content (AvgIpc) is 2.94. The number of rotatable bonds is 2. The summed E-state index contributed by atoms with van der Waals surface area (Å²) in [5, 5.41) is 0.